The average molecular weight is 412 g/mol. The molecule has 158 valence electrons. The van der Waals surface area contributed by atoms with Crippen LogP contribution >= 0.6 is 0 Å². The minimum Gasteiger partial charge on any atom is -0.446 e. The zero-order chi connectivity index (χ0) is 21.9. The van der Waals surface area contributed by atoms with Crippen molar-refractivity contribution in [1.29, 1.82) is 0 Å². The van der Waals surface area contributed by atoms with Gasteiger partial charge in [0.25, 0.3) is 5.91 Å². The van der Waals surface area contributed by atoms with Crippen LogP contribution < -0.4 is 21.7 Å². The lowest BCUT2D eigenvalue weighted by Gasteiger charge is -2.22. The summed E-state index contributed by atoms with van der Waals surface area (Å²) in [6, 6.07) is 14.4. The fourth-order valence-corrected chi connectivity index (χ4v) is 2.70. The van der Waals surface area contributed by atoms with Gasteiger partial charge in [-0.1, -0.05) is 60.7 Å². The van der Waals surface area contributed by atoms with Crippen LogP contribution in [0.1, 0.15) is 24.2 Å². The fourth-order valence-electron chi connectivity index (χ4n) is 2.70. The van der Waals surface area contributed by atoms with E-state index in [2.05, 4.69) is 16.0 Å². The van der Waals surface area contributed by atoms with Crippen LogP contribution in [0, 0.1) is 0 Å². The first-order valence-corrected chi connectivity index (χ1v) is 9.34. The van der Waals surface area contributed by atoms with Crippen molar-refractivity contribution in [2.24, 2.45) is 5.73 Å². The van der Waals surface area contributed by atoms with Crippen LogP contribution in [0.2, 0.25) is 0 Å². The van der Waals surface area contributed by atoms with Crippen LogP contribution in [0.5, 0.6) is 0 Å². The lowest BCUT2D eigenvalue weighted by molar-refractivity contribution is -0.157. The molecule has 0 spiro atoms. The highest BCUT2D eigenvalue weighted by Crippen LogP contribution is 2.19. The molecule has 0 fully saturated rings. The van der Waals surface area contributed by atoms with Crippen LogP contribution in [0.25, 0.3) is 0 Å². The molecule has 0 aliphatic heterocycles. The molecule has 0 saturated carbocycles. The van der Waals surface area contributed by atoms with Crippen LogP contribution in [0.15, 0.2) is 60.7 Å². The Morgan fingerprint density at radius 3 is 2.13 bits per heavy atom. The van der Waals surface area contributed by atoms with E-state index < -0.39 is 36.1 Å². The Kier molecular flexibility index (Phi) is 8.37. The van der Waals surface area contributed by atoms with E-state index in [0.29, 0.717) is 12.1 Å². The smallest absolute Gasteiger partial charge is 0.330 e. The summed E-state index contributed by atoms with van der Waals surface area (Å²) >= 11 is 0. The Morgan fingerprint density at radius 2 is 1.57 bits per heavy atom. The first-order valence-electron chi connectivity index (χ1n) is 9.34. The lowest BCUT2D eigenvalue weighted by atomic mass is 10.1. The zero-order valence-electron chi connectivity index (χ0n) is 16.5. The number of carbonyl (C=O) groups excluding carboxylic acids is 4. The Hall–Kier alpha value is -3.88. The molecule has 5 N–H and O–H groups in total. The quantitative estimate of drug-likeness (QED) is 0.485. The van der Waals surface area contributed by atoms with E-state index in [-0.39, 0.29) is 6.42 Å². The Bertz CT molecular complexity index is 873. The number of esters is 1. The van der Waals surface area contributed by atoms with Gasteiger partial charge in [-0.15, -0.1) is 0 Å². The summed E-state index contributed by atoms with van der Waals surface area (Å²) in [6.45, 7) is 2.01. The van der Waals surface area contributed by atoms with E-state index in [9.17, 15) is 19.2 Å². The third-order valence-electron chi connectivity index (χ3n) is 4.03. The van der Waals surface area contributed by atoms with Gasteiger partial charge in [0.2, 0.25) is 6.10 Å². The molecule has 0 aliphatic rings. The van der Waals surface area contributed by atoms with Crippen molar-refractivity contribution in [3.8, 4) is 0 Å². The highest BCUT2D eigenvalue weighted by atomic mass is 16.5. The highest BCUT2D eigenvalue weighted by Gasteiger charge is 2.30. The van der Waals surface area contributed by atoms with Gasteiger partial charge in [0.15, 0.2) is 0 Å². The second kappa shape index (κ2) is 11.2. The molecular weight excluding hydrogens is 388 g/mol. The molecule has 0 unspecified atom stereocenters. The van der Waals surface area contributed by atoms with Crippen LogP contribution in [0.3, 0.4) is 0 Å². The molecule has 2 atom stereocenters. The maximum absolute atomic E-state index is 12.8. The van der Waals surface area contributed by atoms with Crippen molar-refractivity contribution in [2.75, 3.05) is 6.54 Å². The first-order chi connectivity index (χ1) is 14.4. The monoisotopic (exact) mass is 412 g/mol. The predicted octanol–water partition coefficient (Wildman–Crippen LogP) is 1.40. The molecule has 30 heavy (non-hydrogen) atoms. The molecule has 0 aliphatic carbocycles. The Labute approximate surface area is 174 Å². The second-order valence-corrected chi connectivity index (χ2v) is 6.33. The molecule has 0 radical (unpaired) electrons. The molecule has 0 saturated heterocycles. The van der Waals surface area contributed by atoms with Gasteiger partial charge < -0.3 is 21.1 Å². The molecule has 0 bridgehead atoms. The summed E-state index contributed by atoms with van der Waals surface area (Å²) in [5, 5.41) is 6.91. The molecule has 2 aromatic carbocycles. The average Bonchev–Trinajstić information content (AvgIpc) is 2.72. The second-order valence-electron chi connectivity index (χ2n) is 6.33. The minimum absolute atomic E-state index is 0.113. The lowest BCUT2D eigenvalue weighted by Crippen LogP contribution is -2.48. The molecule has 0 aromatic heterocycles. The zero-order valence-corrected chi connectivity index (χ0v) is 16.5. The maximum atomic E-state index is 12.8. The third kappa shape index (κ3) is 6.93. The highest BCUT2D eigenvalue weighted by molar-refractivity contribution is 5.98. The van der Waals surface area contributed by atoms with Gasteiger partial charge in [-0.2, -0.15) is 0 Å². The standard InChI is InChI=1S/C21H24N4O5/c1-2-23-21(29)25-18(26)17(15-11-7-4-8-12-15)30-19(27)16(24-20(22)28)13-14-9-5-3-6-10-14/h3-12,16-17H,2,13H2,1H3,(H3,22,24,28)(H2,23,25,26,29)/t16-,17-/m0/s1. The van der Waals surface area contributed by atoms with Gasteiger partial charge >= 0.3 is 18.0 Å². The molecule has 5 amide bonds. The van der Waals surface area contributed by atoms with Crippen LogP contribution in [-0.2, 0) is 20.7 Å². The number of hydrogen-bond acceptors (Lipinski definition) is 5. The topological polar surface area (TPSA) is 140 Å². The molecule has 2 rings (SSSR count). The fraction of sp³-hybridized carbons (Fsp3) is 0.238. The van der Waals surface area contributed by atoms with E-state index in [1.807, 2.05) is 6.07 Å². The van der Waals surface area contributed by atoms with Gasteiger partial charge in [-0.05, 0) is 12.5 Å². The van der Waals surface area contributed by atoms with E-state index in [1.165, 1.54) is 0 Å². The van der Waals surface area contributed by atoms with Gasteiger partial charge in [-0.3, -0.25) is 10.1 Å². The van der Waals surface area contributed by atoms with E-state index >= 15 is 0 Å². The minimum atomic E-state index is -1.39. The van der Waals surface area contributed by atoms with E-state index in [4.69, 9.17) is 10.5 Å². The number of rotatable bonds is 8. The summed E-state index contributed by atoms with van der Waals surface area (Å²) in [5.74, 6) is -1.68. The van der Waals surface area contributed by atoms with Gasteiger partial charge in [0.1, 0.15) is 6.04 Å². The van der Waals surface area contributed by atoms with Gasteiger partial charge in [0, 0.05) is 18.5 Å². The largest absolute Gasteiger partial charge is 0.446 e. The number of imide groups is 1. The predicted molar refractivity (Wildman–Crippen MR) is 109 cm³/mol. The van der Waals surface area contributed by atoms with Crippen molar-refractivity contribution in [1.82, 2.24) is 16.0 Å². The summed E-state index contributed by atoms with van der Waals surface area (Å²) in [6.07, 6.45) is -1.28. The number of benzene rings is 2. The molecule has 2 aromatic rings. The SMILES string of the molecule is CCNC(=O)NC(=O)[C@@H](OC(=O)[C@H](Cc1ccccc1)NC(N)=O)c1ccccc1. The summed E-state index contributed by atoms with van der Waals surface area (Å²) in [4.78, 5) is 48.5. The van der Waals surface area contributed by atoms with Crippen molar-refractivity contribution >= 4 is 23.9 Å². The maximum Gasteiger partial charge on any atom is 0.330 e. The van der Waals surface area contributed by atoms with Crippen LogP contribution in [-0.4, -0.2) is 36.5 Å². The van der Waals surface area contributed by atoms with E-state index in [0.717, 1.165) is 5.56 Å². The molecule has 0 heterocycles. The number of nitrogens with two attached hydrogens (primary N) is 1. The molecule has 9 nitrogen and oxygen atoms in total. The van der Waals surface area contributed by atoms with Crippen LogP contribution in [0.4, 0.5) is 9.59 Å². The van der Waals surface area contributed by atoms with Crippen molar-refractivity contribution in [3.63, 3.8) is 0 Å². The number of primary amides is 1. The molecular formula is C21H24N4O5. The number of nitrogens with one attached hydrogen (secondary N) is 3. The summed E-state index contributed by atoms with van der Waals surface area (Å²) in [5.41, 5.74) is 6.32. The number of amides is 5. The van der Waals surface area contributed by atoms with Gasteiger partial charge in [-0.25, -0.2) is 14.4 Å². The van der Waals surface area contributed by atoms with Crippen molar-refractivity contribution < 1.29 is 23.9 Å². The number of urea groups is 2. The van der Waals surface area contributed by atoms with Crippen molar-refractivity contribution in [3.05, 3.63) is 71.8 Å². The number of ether oxygens (including phenoxy) is 1. The number of carbonyl (C=O) groups is 4. The number of hydrogen-bond donors (Lipinski definition) is 4. The normalized spacial score (nSPS) is 12.2. The van der Waals surface area contributed by atoms with E-state index in [1.54, 1.807) is 61.5 Å². The molecule has 9 heteroatoms. The third-order valence-corrected chi connectivity index (χ3v) is 4.03. The van der Waals surface area contributed by atoms with Gasteiger partial charge in [0.05, 0.1) is 0 Å². The first kappa shape index (κ1) is 22.4. The Morgan fingerprint density at radius 1 is 0.967 bits per heavy atom. The summed E-state index contributed by atoms with van der Waals surface area (Å²) < 4.78 is 5.41. The Balaban J connectivity index is 2.22. The summed E-state index contributed by atoms with van der Waals surface area (Å²) in [7, 11) is 0. The van der Waals surface area contributed by atoms with Crippen molar-refractivity contribution in [2.45, 2.75) is 25.5 Å².